The zero-order chi connectivity index (χ0) is 21.9. The number of halogens is 1. The van der Waals surface area contributed by atoms with Gasteiger partial charge in [-0.05, 0) is 91.9 Å². The van der Waals surface area contributed by atoms with Crippen molar-refractivity contribution in [1.82, 2.24) is 5.32 Å². The zero-order valence-corrected chi connectivity index (χ0v) is 20.3. The van der Waals surface area contributed by atoms with Crippen molar-refractivity contribution in [3.8, 4) is 5.06 Å². The number of hydrogen-bond donors (Lipinski definition) is 2. The van der Waals surface area contributed by atoms with E-state index >= 15 is 0 Å². The smallest absolute Gasteiger partial charge is 0.399 e. The predicted octanol–water partition coefficient (Wildman–Crippen LogP) is 5.64. The van der Waals surface area contributed by atoms with Gasteiger partial charge in [-0.1, -0.05) is 23.6 Å². The second-order valence-corrected chi connectivity index (χ2v) is 10.6. The maximum atomic E-state index is 12.8. The summed E-state index contributed by atoms with van der Waals surface area (Å²) in [7, 11) is 0. The molecule has 2 heterocycles. The highest BCUT2D eigenvalue weighted by Gasteiger charge is 2.31. The van der Waals surface area contributed by atoms with Crippen molar-refractivity contribution in [2.45, 2.75) is 45.6 Å². The van der Waals surface area contributed by atoms with Gasteiger partial charge in [-0.15, -0.1) is 0 Å². The average molecular weight is 510 g/mol. The number of benzene rings is 1. The molecule has 1 aliphatic heterocycles. The van der Waals surface area contributed by atoms with Gasteiger partial charge in [0.1, 0.15) is 5.54 Å². The zero-order valence-electron chi connectivity index (χ0n) is 17.1. The summed E-state index contributed by atoms with van der Waals surface area (Å²) in [5, 5.41) is 5.92. The third-order valence-electron chi connectivity index (χ3n) is 4.79. The Kier molecular flexibility index (Phi) is 7.15. The maximum Gasteiger partial charge on any atom is 0.414 e. The first-order valence-corrected chi connectivity index (χ1v) is 11.7. The number of rotatable bonds is 5. The monoisotopic (exact) mass is 509 g/mol. The molecule has 0 spiro atoms. The lowest BCUT2D eigenvalue weighted by Gasteiger charge is -2.31. The van der Waals surface area contributed by atoms with Crippen LogP contribution in [0.4, 0.5) is 16.2 Å². The molecule has 1 saturated heterocycles. The summed E-state index contributed by atoms with van der Waals surface area (Å²) >= 11 is 10.1. The number of amides is 2. The molecule has 2 amide bonds. The van der Waals surface area contributed by atoms with Crippen LogP contribution in [-0.4, -0.2) is 29.1 Å². The molecular weight excluding hydrogens is 486 g/mol. The van der Waals surface area contributed by atoms with Gasteiger partial charge in [-0.2, -0.15) is 0 Å². The summed E-state index contributed by atoms with van der Waals surface area (Å²) in [6.45, 7) is 6.18. The molecule has 9 heteroatoms. The van der Waals surface area contributed by atoms with Crippen LogP contribution < -0.4 is 20.3 Å². The standard InChI is InChI=1S/C21H24BrN3O3S2/c1-13-12-14(7-8-15(13)25-11-5-4-6-17(25)29)23-19(26)21(2,3)24-20(27)28-18-10-9-16(22)30-18/h7-10,12H,4-6,11H2,1-3H3,(H,23,26)(H,24,27). The van der Waals surface area contributed by atoms with Crippen LogP contribution in [0, 0.1) is 6.92 Å². The van der Waals surface area contributed by atoms with Crippen LogP contribution in [0.2, 0.25) is 0 Å². The Labute approximate surface area is 194 Å². The normalized spacial score (nSPS) is 14.4. The Morgan fingerprint density at radius 3 is 2.63 bits per heavy atom. The molecule has 30 heavy (non-hydrogen) atoms. The van der Waals surface area contributed by atoms with Crippen molar-refractivity contribution in [2.75, 3.05) is 16.8 Å². The van der Waals surface area contributed by atoms with E-state index in [1.54, 1.807) is 26.0 Å². The minimum Gasteiger partial charge on any atom is -0.399 e. The van der Waals surface area contributed by atoms with Crippen molar-refractivity contribution in [1.29, 1.82) is 0 Å². The summed E-state index contributed by atoms with van der Waals surface area (Å²) < 4.78 is 6.08. The summed E-state index contributed by atoms with van der Waals surface area (Å²) in [5.41, 5.74) is 1.60. The number of carbonyl (C=O) groups is 2. The van der Waals surface area contributed by atoms with E-state index < -0.39 is 11.6 Å². The number of carbonyl (C=O) groups excluding carboxylic acids is 2. The quantitative estimate of drug-likeness (QED) is 0.510. The third-order valence-corrected chi connectivity index (χ3v) is 6.72. The van der Waals surface area contributed by atoms with Gasteiger partial charge in [0.25, 0.3) is 0 Å². The minimum absolute atomic E-state index is 0.340. The Balaban J connectivity index is 1.63. The molecule has 2 aromatic rings. The Bertz CT molecular complexity index is 974. The van der Waals surface area contributed by atoms with Gasteiger partial charge in [0.15, 0.2) is 5.06 Å². The maximum absolute atomic E-state index is 12.8. The van der Waals surface area contributed by atoms with Crippen molar-refractivity contribution in [2.24, 2.45) is 0 Å². The molecule has 3 rings (SSSR count). The van der Waals surface area contributed by atoms with Gasteiger partial charge < -0.3 is 20.3 Å². The van der Waals surface area contributed by atoms with E-state index in [0.717, 1.165) is 45.8 Å². The summed E-state index contributed by atoms with van der Waals surface area (Å²) in [4.78, 5) is 28.0. The average Bonchev–Trinajstić information content (AvgIpc) is 3.06. The van der Waals surface area contributed by atoms with Crippen molar-refractivity contribution >= 4 is 67.8 Å². The molecule has 0 bridgehead atoms. The molecule has 0 unspecified atom stereocenters. The fourth-order valence-corrected chi connectivity index (χ4v) is 4.69. The lowest BCUT2D eigenvalue weighted by molar-refractivity contribution is -0.121. The number of thiophene rings is 1. The number of piperidine rings is 1. The summed E-state index contributed by atoms with van der Waals surface area (Å²) in [5.74, 6) is -0.340. The molecule has 0 radical (unpaired) electrons. The van der Waals surface area contributed by atoms with E-state index in [0.29, 0.717) is 10.8 Å². The van der Waals surface area contributed by atoms with E-state index in [1.807, 2.05) is 25.1 Å². The van der Waals surface area contributed by atoms with Crippen molar-refractivity contribution in [3.63, 3.8) is 0 Å². The number of ether oxygens (including phenoxy) is 1. The molecular formula is C21H24BrN3O3S2. The fraction of sp³-hybridized carbons (Fsp3) is 0.381. The number of anilines is 2. The molecule has 0 aliphatic carbocycles. The molecule has 1 aliphatic rings. The van der Waals surface area contributed by atoms with Gasteiger partial charge in [0, 0.05) is 17.9 Å². The van der Waals surface area contributed by atoms with E-state index in [-0.39, 0.29) is 5.91 Å². The highest BCUT2D eigenvalue weighted by Crippen LogP contribution is 2.29. The molecule has 6 nitrogen and oxygen atoms in total. The predicted molar refractivity (Wildman–Crippen MR) is 129 cm³/mol. The number of nitrogens with zero attached hydrogens (tertiary/aromatic N) is 1. The third kappa shape index (κ3) is 5.59. The summed E-state index contributed by atoms with van der Waals surface area (Å²) in [6.07, 6.45) is 2.51. The lowest BCUT2D eigenvalue weighted by Crippen LogP contribution is -2.53. The highest BCUT2D eigenvalue weighted by molar-refractivity contribution is 9.11. The topological polar surface area (TPSA) is 70.7 Å². The van der Waals surface area contributed by atoms with Crippen LogP contribution in [0.3, 0.4) is 0 Å². The fourth-order valence-electron chi connectivity index (χ4n) is 3.17. The van der Waals surface area contributed by atoms with Crippen LogP contribution >= 0.6 is 39.5 Å². The van der Waals surface area contributed by atoms with E-state index in [2.05, 4.69) is 31.5 Å². The van der Waals surface area contributed by atoms with Crippen LogP contribution in [0.1, 0.15) is 38.7 Å². The first-order chi connectivity index (χ1) is 14.2. The molecule has 1 aromatic carbocycles. The van der Waals surface area contributed by atoms with E-state index in [4.69, 9.17) is 17.0 Å². The largest absolute Gasteiger partial charge is 0.414 e. The second kappa shape index (κ2) is 9.45. The van der Waals surface area contributed by atoms with Gasteiger partial charge in [-0.3, -0.25) is 4.79 Å². The highest BCUT2D eigenvalue weighted by atomic mass is 79.9. The number of aryl methyl sites for hydroxylation is 1. The molecule has 2 N–H and O–H groups in total. The van der Waals surface area contributed by atoms with Crippen LogP contribution in [0.25, 0.3) is 0 Å². The Hall–Kier alpha value is -1.97. The first-order valence-electron chi connectivity index (χ1n) is 9.63. The SMILES string of the molecule is Cc1cc(NC(=O)C(C)(C)NC(=O)Oc2ccc(Br)s2)ccc1N1CCCCC1=S. The lowest BCUT2D eigenvalue weighted by atomic mass is 10.0. The van der Waals surface area contributed by atoms with Gasteiger partial charge in [0.2, 0.25) is 5.91 Å². The second-order valence-electron chi connectivity index (χ2n) is 7.66. The number of nitrogens with one attached hydrogen (secondary N) is 2. The van der Waals surface area contributed by atoms with Gasteiger partial charge in [-0.25, -0.2) is 4.79 Å². The first kappa shape index (κ1) is 22.7. The number of thiocarbonyl (C=S) groups is 1. The molecule has 160 valence electrons. The molecule has 1 fully saturated rings. The van der Waals surface area contributed by atoms with Gasteiger partial charge >= 0.3 is 6.09 Å². The molecule has 1 aromatic heterocycles. The Morgan fingerprint density at radius 2 is 2.00 bits per heavy atom. The molecule has 0 atom stereocenters. The minimum atomic E-state index is -1.16. The van der Waals surface area contributed by atoms with Crippen LogP contribution in [0.5, 0.6) is 5.06 Å². The van der Waals surface area contributed by atoms with E-state index in [1.165, 1.54) is 11.3 Å². The van der Waals surface area contributed by atoms with E-state index in [9.17, 15) is 9.59 Å². The van der Waals surface area contributed by atoms with Crippen molar-refractivity contribution < 1.29 is 14.3 Å². The Morgan fingerprint density at radius 1 is 1.23 bits per heavy atom. The van der Waals surface area contributed by atoms with Crippen LogP contribution in [-0.2, 0) is 4.79 Å². The summed E-state index contributed by atoms with van der Waals surface area (Å²) in [6, 6.07) is 9.22. The van der Waals surface area contributed by atoms with Gasteiger partial charge in [0.05, 0.1) is 8.77 Å². The van der Waals surface area contributed by atoms with Crippen LogP contribution in [0.15, 0.2) is 34.1 Å². The van der Waals surface area contributed by atoms with Crippen molar-refractivity contribution in [3.05, 3.63) is 39.7 Å². The number of hydrogen-bond acceptors (Lipinski definition) is 5. The molecule has 0 saturated carbocycles.